The van der Waals surface area contributed by atoms with E-state index in [2.05, 4.69) is 22.1 Å². The SMILES string of the molecule is CCN1CCCC1CNC(=O)c1ccc(-n2ccnc2)cc1. The number of benzene rings is 1. The molecule has 22 heavy (non-hydrogen) atoms. The molecule has 0 saturated carbocycles. The Balaban J connectivity index is 1.58. The summed E-state index contributed by atoms with van der Waals surface area (Å²) in [6.07, 6.45) is 7.77. The zero-order valence-electron chi connectivity index (χ0n) is 12.9. The second kappa shape index (κ2) is 6.75. The molecule has 5 nitrogen and oxygen atoms in total. The van der Waals surface area contributed by atoms with Crippen LogP contribution >= 0.6 is 0 Å². The second-order valence-corrected chi connectivity index (χ2v) is 5.65. The lowest BCUT2D eigenvalue weighted by atomic mass is 10.1. The van der Waals surface area contributed by atoms with Gasteiger partial charge in [0.15, 0.2) is 0 Å². The topological polar surface area (TPSA) is 50.2 Å². The van der Waals surface area contributed by atoms with Crippen molar-refractivity contribution in [2.75, 3.05) is 19.6 Å². The number of likely N-dealkylation sites (N-methyl/N-ethyl adjacent to an activating group) is 1. The summed E-state index contributed by atoms with van der Waals surface area (Å²) < 4.78 is 1.92. The Bertz CT molecular complexity index is 606. The molecule has 0 aliphatic carbocycles. The Hall–Kier alpha value is -2.14. The zero-order valence-corrected chi connectivity index (χ0v) is 12.9. The van der Waals surface area contributed by atoms with Crippen LogP contribution in [0.15, 0.2) is 43.0 Å². The number of aromatic nitrogens is 2. The number of hydrogen-bond acceptors (Lipinski definition) is 3. The number of imidazole rings is 1. The van der Waals surface area contributed by atoms with Gasteiger partial charge in [0.25, 0.3) is 5.91 Å². The molecule has 116 valence electrons. The van der Waals surface area contributed by atoms with Crippen LogP contribution in [0.3, 0.4) is 0 Å². The molecule has 1 unspecified atom stereocenters. The van der Waals surface area contributed by atoms with Crippen LogP contribution in [0.4, 0.5) is 0 Å². The normalized spacial score (nSPS) is 18.5. The number of nitrogens with one attached hydrogen (secondary N) is 1. The molecule has 1 aromatic carbocycles. The van der Waals surface area contributed by atoms with Crippen LogP contribution in [0.25, 0.3) is 5.69 Å². The largest absolute Gasteiger partial charge is 0.350 e. The van der Waals surface area contributed by atoms with Crippen molar-refractivity contribution >= 4 is 5.91 Å². The Morgan fingerprint density at radius 2 is 2.18 bits per heavy atom. The minimum Gasteiger partial charge on any atom is -0.350 e. The molecular weight excluding hydrogens is 276 g/mol. The third-order valence-corrected chi connectivity index (χ3v) is 4.34. The van der Waals surface area contributed by atoms with Gasteiger partial charge in [-0.25, -0.2) is 4.98 Å². The first kappa shape index (κ1) is 14.8. The molecule has 3 rings (SSSR count). The number of carbonyl (C=O) groups is 1. The highest BCUT2D eigenvalue weighted by atomic mass is 16.1. The minimum atomic E-state index is 0.000124. The number of amides is 1. The lowest BCUT2D eigenvalue weighted by Gasteiger charge is -2.22. The van der Waals surface area contributed by atoms with E-state index in [0.717, 1.165) is 25.3 Å². The summed E-state index contributed by atoms with van der Waals surface area (Å²) in [4.78, 5) is 18.7. The highest BCUT2D eigenvalue weighted by Crippen LogP contribution is 2.16. The quantitative estimate of drug-likeness (QED) is 0.919. The van der Waals surface area contributed by atoms with Crippen molar-refractivity contribution in [3.8, 4) is 5.69 Å². The summed E-state index contributed by atoms with van der Waals surface area (Å²) in [5.41, 5.74) is 1.70. The van der Waals surface area contributed by atoms with Gasteiger partial charge in [0.1, 0.15) is 0 Å². The van der Waals surface area contributed by atoms with E-state index < -0.39 is 0 Å². The smallest absolute Gasteiger partial charge is 0.251 e. The fourth-order valence-corrected chi connectivity index (χ4v) is 3.05. The molecule has 0 spiro atoms. The second-order valence-electron chi connectivity index (χ2n) is 5.65. The van der Waals surface area contributed by atoms with Crippen LogP contribution in [0.2, 0.25) is 0 Å². The third kappa shape index (κ3) is 3.20. The van der Waals surface area contributed by atoms with Gasteiger partial charge in [0.2, 0.25) is 0 Å². The van der Waals surface area contributed by atoms with E-state index in [1.54, 1.807) is 12.5 Å². The Labute approximate surface area is 131 Å². The first-order valence-electron chi connectivity index (χ1n) is 7.88. The number of likely N-dealkylation sites (tertiary alicyclic amines) is 1. The number of nitrogens with zero attached hydrogens (tertiary/aromatic N) is 3. The average Bonchev–Trinajstić information content (AvgIpc) is 3.24. The summed E-state index contributed by atoms with van der Waals surface area (Å²) in [7, 11) is 0. The van der Waals surface area contributed by atoms with Crippen molar-refractivity contribution in [3.63, 3.8) is 0 Å². The van der Waals surface area contributed by atoms with E-state index in [0.29, 0.717) is 11.6 Å². The van der Waals surface area contributed by atoms with Crippen LogP contribution in [-0.2, 0) is 0 Å². The van der Waals surface area contributed by atoms with Crippen molar-refractivity contribution in [1.82, 2.24) is 19.8 Å². The molecule has 1 N–H and O–H groups in total. The lowest BCUT2D eigenvalue weighted by molar-refractivity contribution is 0.0941. The van der Waals surface area contributed by atoms with Gasteiger partial charge in [-0.05, 0) is 50.2 Å². The first-order chi connectivity index (χ1) is 10.8. The summed E-state index contributed by atoms with van der Waals surface area (Å²) in [5, 5.41) is 3.06. The van der Waals surface area contributed by atoms with Gasteiger partial charge >= 0.3 is 0 Å². The van der Waals surface area contributed by atoms with Gasteiger partial charge in [-0.15, -0.1) is 0 Å². The van der Waals surface area contributed by atoms with Crippen LogP contribution in [0.1, 0.15) is 30.1 Å². The average molecular weight is 298 g/mol. The predicted octanol–water partition coefficient (Wildman–Crippen LogP) is 2.09. The standard InChI is InChI=1S/C17H22N4O/c1-2-20-10-3-4-16(20)12-19-17(22)14-5-7-15(8-6-14)21-11-9-18-13-21/h5-9,11,13,16H,2-4,10,12H2,1H3,(H,19,22). The van der Waals surface area contributed by atoms with E-state index in [1.807, 2.05) is 35.0 Å². The van der Waals surface area contributed by atoms with Crippen molar-refractivity contribution in [1.29, 1.82) is 0 Å². The molecule has 5 heteroatoms. The van der Waals surface area contributed by atoms with E-state index >= 15 is 0 Å². The van der Waals surface area contributed by atoms with E-state index in [9.17, 15) is 4.79 Å². The van der Waals surface area contributed by atoms with Crippen molar-refractivity contribution < 1.29 is 4.79 Å². The van der Waals surface area contributed by atoms with E-state index in [-0.39, 0.29) is 5.91 Å². The van der Waals surface area contributed by atoms with Gasteiger partial charge in [-0.1, -0.05) is 6.92 Å². The van der Waals surface area contributed by atoms with Crippen LogP contribution in [0, 0.1) is 0 Å². The number of carbonyl (C=O) groups excluding carboxylic acids is 1. The highest BCUT2D eigenvalue weighted by Gasteiger charge is 2.23. The molecule has 1 atom stereocenters. The van der Waals surface area contributed by atoms with Crippen LogP contribution in [0.5, 0.6) is 0 Å². The van der Waals surface area contributed by atoms with Gasteiger partial charge in [0.05, 0.1) is 6.33 Å². The Morgan fingerprint density at radius 1 is 1.36 bits per heavy atom. The lowest BCUT2D eigenvalue weighted by Crippen LogP contribution is -2.40. The summed E-state index contributed by atoms with van der Waals surface area (Å²) in [6, 6.07) is 8.07. The minimum absolute atomic E-state index is 0.000124. The molecule has 2 heterocycles. The molecule has 1 saturated heterocycles. The van der Waals surface area contributed by atoms with Gasteiger partial charge in [0, 0.05) is 36.2 Å². The number of rotatable bonds is 5. The fraction of sp³-hybridized carbons (Fsp3) is 0.412. The zero-order chi connectivity index (χ0) is 15.4. The molecule has 1 amide bonds. The molecule has 0 radical (unpaired) electrons. The Morgan fingerprint density at radius 3 is 2.86 bits per heavy atom. The molecule has 1 fully saturated rings. The fourth-order valence-electron chi connectivity index (χ4n) is 3.05. The van der Waals surface area contributed by atoms with Crippen LogP contribution < -0.4 is 5.32 Å². The predicted molar refractivity (Wildman–Crippen MR) is 86.2 cm³/mol. The van der Waals surface area contributed by atoms with Gasteiger partial charge < -0.3 is 9.88 Å². The maximum absolute atomic E-state index is 12.2. The molecule has 2 aromatic rings. The third-order valence-electron chi connectivity index (χ3n) is 4.34. The van der Waals surface area contributed by atoms with Crippen LogP contribution in [-0.4, -0.2) is 46.0 Å². The van der Waals surface area contributed by atoms with E-state index in [1.165, 1.54) is 12.8 Å². The maximum Gasteiger partial charge on any atom is 0.251 e. The van der Waals surface area contributed by atoms with Crippen molar-refractivity contribution in [3.05, 3.63) is 48.5 Å². The highest BCUT2D eigenvalue weighted by molar-refractivity contribution is 5.94. The van der Waals surface area contributed by atoms with Gasteiger partial charge in [-0.3, -0.25) is 9.69 Å². The van der Waals surface area contributed by atoms with Crippen molar-refractivity contribution in [2.45, 2.75) is 25.8 Å². The summed E-state index contributed by atoms with van der Waals surface area (Å²) >= 11 is 0. The number of hydrogen-bond donors (Lipinski definition) is 1. The molecule has 1 aromatic heterocycles. The van der Waals surface area contributed by atoms with Gasteiger partial charge in [-0.2, -0.15) is 0 Å². The first-order valence-corrected chi connectivity index (χ1v) is 7.88. The van der Waals surface area contributed by atoms with Crippen molar-refractivity contribution in [2.24, 2.45) is 0 Å². The monoisotopic (exact) mass is 298 g/mol. The molecule has 0 bridgehead atoms. The molecule has 1 aliphatic heterocycles. The Kier molecular flexibility index (Phi) is 4.53. The molecule has 1 aliphatic rings. The summed E-state index contributed by atoms with van der Waals surface area (Å²) in [5.74, 6) is 0.000124. The molecular formula is C17H22N4O. The maximum atomic E-state index is 12.2. The summed E-state index contributed by atoms with van der Waals surface area (Å²) in [6.45, 7) is 5.11. The van der Waals surface area contributed by atoms with E-state index in [4.69, 9.17) is 0 Å².